The van der Waals surface area contributed by atoms with Gasteiger partial charge in [0.2, 0.25) is 5.89 Å². The van der Waals surface area contributed by atoms with Crippen LogP contribution in [0, 0.1) is 6.92 Å². The summed E-state index contributed by atoms with van der Waals surface area (Å²) in [6.45, 7) is 2.78. The Morgan fingerprint density at radius 2 is 2.08 bits per heavy atom. The number of hydrogen-bond donors (Lipinski definition) is 2. The van der Waals surface area contributed by atoms with Gasteiger partial charge >= 0.3 is 6.18 Å². The Morgan fingerprint density at radius 1 is 1.31 bits per heavy atom. The summed E-state index contributed by atoms with van der Waals surface area (Å²) in [6.07, 6.45) is -1.70. The Bertz CT molecular complexity index is 744. The normalized spacial score (nSPS) is 11.4. The number of unbranched alkanes of at least 4 members (excludes halogenated alkanes) is 1. The third kappa shape index (κ3) is 6.05. The molecule has 0 saturated heterocycles. The number of amides is 1. The van der Waals surface area contributed by atoms with Gasteiger partial charge in [0.15, 0.2) is 5.82 Å². The minimum absolute atomic E-state index is 0.136. The smallest absolute Gasteiger partial charge is 0.376 e. The Morgan fingerprint density at radius 3 is 2.77 bits per heavy atom. The average molecular weight is 370 g/mol. The number of rotatable bonds is 8. The SMILES string of the molecule is CCCCc1noc(CNc2cc(C(=O)NCC(F)(F)F)ccc2C)n1. The van der Waals surface area contributed by atoms with Crippen molar-refractivity contribution in [1.29, 1.82) is 0 Å². The zero-order valence-electron chi connectivity index (χ0n) is 14.6. The highest BCUT2D eigenvalue weighted by Gasteiger charge is 2.28. The van der Waals surface area contributed by atoms with Crippen molar-refractivity contribution in [3.8, 4) is 0 Å². The molecule has 0 aliphatic carbocycles. The van der Waals surface area contributed by atoms with Gasteiger partial charge in [0.1, 0.15) is 6.54 Å². The standard InChI is InChI=1S/C17H21F3N4O2/c1-3-4-5-14-23-15(26-24-14)9-21-13-8-12(7-6-11(13)2)16(25)22-10-17(18,19)20/h6-8,21H,3-5,9-10H2,1-2H3,(H,22,25). The third-order valence-electron chi connectivity index (χ3n) is 3.64. The van der Waals surface area contributed by atoms with Crippen LogP contribution in [0.2, 0.25) is 0 Å². The molecule has 26 heavy (non-hydrogen) atoms. The molecule has 2 aromatic rings. The van der Waals surface area contributed by atoms with Crippen molar-refractivity contribution in [2.24, 2.45) is 0 Å². The van der Waals surface area contributed by atoms with Crippen LogP contribution in [0.3, 0.4) is 0 Å². The Labute approximate surface area is 149 Å². The van der Waals surface area contributed by atoms with Crippen LogP contribution in [0.4, 0.5) is 18.9 Å². The molecule has 1 aromatic heterocycles. The predicted molar refractivity (Wildman–Crippen MR) is 89.8 cm³/mol. The number of aromatic nitrogens is 2. The summed E-state index contributed by atoms with van der Waals surface area (Å²) >= 11 is 0. The molecule has 0 bridgehead atoms. The second-order valence-corrected chi connectivity index (χ2v) is 5.89. The first kappa shape index (κ1) is 19.7. The number of carbonyl (C=O) groups excluding carboxylic acids is 1. The van der Waals surface area contributed by atoms with Gasteiger partial charge in [0, 0.05) is 17.7 Å². The zero-order valence-corrected chi connectivity index (χ0v) is 14.6. The number of carbonyl (C=O) groups is 1. The molecular weight excluding hydrogens is 349 g/mol. The van der Waals surface area contributed by atoms with E-state index in [1.54, 1.807) is 6.07 Å². The highest BCUT2D eigenvalue weighted by Crippen LogP contribution is 2.19. The van der Waals surface area contributed by atoms with Crippen molar-refractivity contribution in [1.82, 2.24) is 15.5 Å². The van der Waals surface area contributed by atoms with E-state index < -0.39 is 18.6 Å². The summed E-state index contributed by atoms with van der Waals surface area (Å²) < 4.78 is 41.8. The predicted octanol–water partition coefficient (Wildman–Crippen LogP) is 3.62. The maximum Gasteiger partial charge on any atom is 0.405 e. The number of nitrogens with one attached hydrogen (secondary N) is 2. The lowest BCUT2D eigenvalue weighted by Crippen LogP contribution is -2.33. The minimum Gasteiger partial charge on any atom is -0.376 e. The third-order valence-corrected chi connectivity index (χ3v) is 3.64. The van der Waals surface area contributed by atoms with Crippen LogP contribution in [-0.4, -0.2) is 28.8 Å². The molecule has 6 nitrogen and oxygen atoms in total. The number of nitrogens with zero attached hydrogens (tertiary/aromatic N) is 2. The van der Waals surface area contributed by atoms with E-state index in [1.165, 1.54) is 12.1 Å². The average Bonchev–Trinajstić information content (AvgIpc) is 3.04. The Balaban J connectivity index is 1.98. The molecule has 0 aliphatic heterocycles. The van der Waals surface area contributed by atoms with Gasteiger partial charge in [0.05, 0.1) is 6.54 Å². The van der Waals surface area contributed by atoms with Crippen LogP contribution >= 0.6 is 0 Å². The monoisotopic (exact) mass is 370 g/mol. The highest BCUT2D eigenvalue weighted by molar-refractivity contribution is 5.95. The van der Waals surface area contributed by atoms with Crippen molar-refractivity contribution >= 4 is 11.6 Å². The Kier molecular flexibility index (Phi) is 6.59. The quantitative estimate of drug-likeness (QED) is 0.742. The molecule has 0 saturated carbocycles. The number of benzene rings is 1. The van der Waals surface area contributed by atoms with E-state index in [1.807, 2.05) is 12.2 Å². The first-order chi connectivity index (χ1) is 12.3. The first-order valence-electron chi connectivity index (χ1n) is 8.29. The van der Waals surface area contributed by atoms with Crippen LogP contribution in [0.1, 0.15) is 47.4 Å². The van der Waals surface area contributed by atoms with Crippen LogP contribution < -0.4 is 10.6 Å². The maximum atomic E-state index is 12.2. The topological polar surface area (TPSA) is 80.0 Å². The van der Waals surface area contributed by atoms with E-state index in [-0.39, 0.29) is 12.1 Å². The van der Waals surface area contributed by atoms with E-state index in [2.05, 4.69) is 22.4 Å². The van der Waals surface area contributed by atoms with Gasteiger partial charge < -0.3 is 15.2 Å². The lowest BCUT2D eigenvalue weighted by atomic mass is 10.1. The molecule has 0 unspecified atom stereocenters. The summed E-state index contributed by atoms with van der Waals surface area (Å²) in [4.78, 5) is 16.1. The van der Waals surface area contributed by atoms with Crippen molar-refractivity contribution in [3.63, 3.8) is 0 Å². The maximum absolute atomic E-state index is 12.2. The van der Waals surface area contributed by atoms with Crippen molar-refractivity contribution in [2.75, 3.05) is 11.9 Å². The summed E-state index contributed by atoms with van der Waals surface area (Å²) in [5.74, 6) is 0.257. The van der Waals surface area contributed by atoms with Gasteiger partial charge in [0.25, 0.3) is 5.91 Å². The van der Waals surface area contributed by atoms with E-state index in [4.69, 9.17) is 4.52 Å². The molecule has 9 heteroatoms. The van der Waals surface area contributed by atoms with Crippen LogP contribution in [0.5, 0.6) is 0 Å². The molecule has 142 valence electrons. The van der Waals surface area contributed by atoms with Gasteiger partial charge in [-0.15, -0.1) is 0 Å². The van der Waals surface area contributed by atoms with Crippen molar-refractivity contribution in [2.45, 2.75) is 45.8 Å². The number of anilines is 1. The van der Waals surface area contributed by atoms with Crippen LogP contribution in [0.15, 0.2) is 22.7 Å². The zero-order chi connectivity index (χ0) is 19.2. The van der Waals surface area contributed by atoms with E-state index in [0.29, 0.717) is 17.4 Å². The summed E-state index contributed by atoms with van der Waals surface area (Å²) in [6, 6.07) is 4.63. The molecule has 2 N–H and O–H groups in total. The minimum atomic E-state index is -4.45. The fraction of sp³-hybridized carbons (Fsp3) is 0.471. The summed E-state index contributed by atoms with van der Waals surface area (Å²) in [5.41, 5.74) is 1.58. The number of halogens is 3. The van der Waals surface area contributed by atoms with E-state index in [0.717, 1.165) is 24.8 Å². The second-order valence-electron chi connectivity index (χ2n) is 5.89. The van der Waals surface area contributed by atoms with Crippen LogP contribution in [-0.2, 0) is 13.0 Å². The molecule has 1 heterocycles. The molecule has 2 rings (SSSR count). The Hall–Kier alpha value is -2.58. The van der Waals surface area contributed by atoms with E-state index in [9.17, 15) is 18.0 Å². The molecule has 0 fully saturated rings. The van der Waals surface area contributed by atoms with Gasteiger partial charge in [-0.1, -0.05) is 24.6 Å². The second kappa shape index (κ2) is 8.68. The van der Waals surface area contributed by atoms with Gasteiger partial charge in [-0.3, -0.25) is 4.79 Å². The van der Waals surface area contributed by atoms with Crippen molar-refractivity contribution < 1.29 is 22.5 Å². The fourth-order valence-electron chi connectivity index (χ4n) is 2.21. The largest absolute Gasteiger partial charge is 0.405 e. The molecule has 1 aromatic carbocycles. The first-order valence-corrected chi connectivity index (χ1v) is 8.29. The van der Waals surface area contributed by atoms with E-state index >= 15 is 0 Å². The van der Waals surface area contributed by atoms with Gasteiger partial charge in [-0.25, -0.2) is 0 Å². The van der Waals surface area contributed by atoms with Gasteiger partial charge in [-0.05, 0) is 31.0 Å². The fourth-order valence-corrected chi connectivity index (χ4v) is 2.21. The van der Waals surface area contributed by atoms with Gasteiger partial charge in [-0.2, -0.15) is 18.2 Å². The molecular formula is C17H21F3N4O2. The number of aryl methyl sites for hydroxylation is 2. The molecule has 0 spiro atoms. The summed E-state index contributed by atoms with van der Waals surface area (Å²) in [5, 5.41) is 8.80. The summed E-state index contributed by atoms with van der Waals surface area (Å²) in [7, 11) is 0. The molecule has 0 atom stereocenters. The van der Waals surface area contributed by atoms with Crippen LogP contribution in [0.25, 0.3) is 0 Å². The lowest BCUT2D eigenvalue weighted by molar-refractivity contribution is -0.123. The number of alkyl halides is 3. The van der Waals surface area contributed by atoms with Crippen molar-refractivity contribution in [3.05, 3.63) is 41.0 Å². The number of hydrogen-bond acceptors (Lipinski definition) is 5. The molecule has 1 amide bonds. The molecule has 0 aliphatic rings. The highest BCUT2D eigenvalue weighted by atomic mass is 19.4. The molecule has 0 radical (unpaired) electrons. The lowest BCUT2D eigenvalue weighted by Gasteiger charge is -2.11.